The number of rotatable bonds is 3. The molecule has 0 radical (unpaired) electrons. The Labute approximate surface area is 128 Å². The monoisotopic (exact) mass is 308 g/mol. The molecule has 0 aromatic carbocycles. The summed E-state index contributed by atoms with van der Waals surface area (Å²) < 4.78 is 3.74. The molecule has 1 N–H and O–H groups in total. The molecule has 1 aromatic rings. The van der Waals surface area contributed by atoms with Crippen LogP contribution in [0, 0.1) is 17.8 Å². The third-order valence-electron chi connectivity index (χ3n) is 4.42. The van der Waals surface area contributed by atoms with Crippen LogP contribution in [0.2, 0.25) is 0 Å². The molecule has 2 aliphatic rings. The number of carbonyl (C=O) groups is 2. The molecule has 2 fully saturated rings. The Kier molecular flexibility index (Phi) is 3.93. The first-order valence-electron chi connectivity index (χ1n) is 7.41. The Hall–Kier alpha value is -1.50. The van der Waals surface area contributed by atoms with E-state index in [4.69, 9.17) is 0 Å². The van der Waals surface area contributed by atoms with Crippen LogP contribution in [0.1, 0.15) is 37.2 Å². The summed E-state index contributed by atoms with van der Waals surface area (Å²) >= 11 is 1.20. The summed E-state index contributed by atoms with van der Waals surface area (Å²) in [6, 6.07) is 0.188. The van der Waals surface area contributed by atoms with Crippen molar-refractivity contribution in [1.29, 1.82) is 0 Å². The lowest BCUT2D eigenvalue weighted by atomic mass is 10.0. The van der Waals surface area contributed by atoms with Crippen molar-refractivity contribution in [3.63, 3.8) is 0 Å². The molecule has 0 bridgehead atoms. The molecule has 1 saturated carbocycles. The topological polar surface area (TPSA) is 75.2 Å². The van der Waals surface area contributed by atoms with Gasteiger partial charge in [0.25, 0.3) is 5.91 Å². The van der Waals surface area contributed by atoms with Gasteiger partial charge in [-0.05, 0) is 50.1 Å². The SMILES string of the molecule is CC(C)NC(=O)C1C[C@@H]2CN(C(=O)c3csnn3)C[C@@H]2C1. The predicted molar refractivity (Wildman–Crippen MR) is 78.8 cm³/mol. The Bertz CT molecular complexity index is 517. The smallest absolute Gasteiger partial charge is 0.275 e. The van der Waals surface area contributed by atoms with E-state index in [-0.39, 0.29) is 23.8 Å². The van der Waals surface area contributed by atoms with Gasteiger partial charge in [-0.15, -0.1) is 5.10 Å². The quantitative estimate of drug-likeness (QED) is 0.909. The van der Waals surface area contributed by atoms with Crippen molar-refractivity contribution >= 4 is 23.3 Å². The van der Waals surface area contributed by atoms with Gasteiger partial charge < -0.3 is 10.2 Å². The minimum Gasteiger partial charge on any atom is -0.354 e. The van der Waals surface area contributed by atoms with E-state index < -0.39 is 0 Å². The van der Waals surface area contributed by atoms with Crippen LogP contribution in [0.3, 0.4) is 0 Å². The second kappa shape index (κ2) is 5.71. The van der Waals surface area contributed by atoms with E-state index in [2.05, 4.69) is 14.9 Å². The summed E-state index contributed by atoms with van der Waals surface area (Å²) in [6.45, 7) is 5.45. The normalized spacial score (nSPS) is 28.0. The standard InChI is InChI=1S/C14H20N4O2S/c1-8(2)15-13(19)9-3-10-5-18(6-11(10)4-9)14(20)12-7-21-17-16-12/h7-11H,3-6H2,1-2H3,(H,15,19)/t9?,10-,11+. The highest BCUT2D eigenvalue weighted by atomic mass is 32.1. The van der Waals surface area contributed by atoms with E-state index in [0.29, 0.717) is 17.5 Å². The fourth-order valence-electron chi connectivity index (χ4n) is 3.50. The largest absolute Gasteiger partial charge is 0.354 e. The lowest BCUT2D eigenvalue weighted by molar-refractivity contribution is -0.125. The minimum atomic E-state index is -0.0265. The second-order valence-electron chi connectivity index (χ2n) is 6.35. The highest BCUT2D eigenvalue weighted by molar-refractivity contribution is 7.03. The zero-order valence-electron chi connectivity index (χ0n) is 12.3. The highest BCUT2D eigenvalue weighted by Crippen LogP contribution is 2.41. The predicted octanol–water partition coefficient (Wildman–Crippen LogP) is 1.16. The molecular formula is C14H20N4O2S. The van der Waals surface area contributed by atoms with Crippen LogP contribution < -0.4 is 5.32 Å². The molecule has 3 rings (SSSR count). The molecule has 2 amide bonds. The summed E-state index contributed by atoms with van der Waals surface area (Å²) in [5.41, 5.74) is 0.439. The average molecular weight is 308 g/mol. The van der Waals surface area contributed by atoms with Crippen molar-refractivity contribution in [2.24, 2.45) is 17.8 Å². The van der Waals surface area contributed by atoms with Crippen LogP contribution in [0.4, 0.5) is 0 Å². The summed E-state index contributed by atoms with van der Waals surface area (Å²) in [7, 11) is 0. The molecule has 2 heterocycles. The van der Waals surface area contributed by atoms with Gasteiger partial charge in [0.15, 0.2) is 5.69 Å². The number of likely N-dealkylation sites (tertiary alicyclic amines) is 1. The van der Waals surface area contributed by atoms with Crippen molar-refractivity contribution in [3.8, 4) is 0 Å². The molecule has 1 unspecified atom stereocenters. The summed E-state index contributed by atoms with van der Waals surface area (Å²) in [5.74, 6) is 1.15. The summed E-state index contributed by atoms with van der Waals surface area (Å²) in [4.78, 5) is 26.2. The molecule has 1 aromatic heterocycles. The molecule has 6 nitrogen and oxygen atoms in total. The van der Waals surface area contributed by atoms with Gasteiger partial charge in [-0.1, -0.05) is 4.49 Å². The van der Waals surface area contributed by atoms with Crippen LogP contribution in [0.15, 0.2) is 5.38 Å². The van der Waals surface area contributed by atoms with Crippen molar-refractivity contribution in [2.45, 2.75) is 32.7 Å². The van der Waals surface area contributed by atoms with E-state index in [1.54, 1.807) is 5.38 Å². The first-order valence-corrected chi connectivity index (χ1v) is 8.25. The molecule has 1 aliphatic carbocycles. The third kappa shape index (κ3) is 2.92. The van der Waals surface area contributed by atoms with E-state index >= 15 is 0 Å². The maximum Gasteiger partial charge on any atom is 0.275 e. The molecule has 7 heteroatoms. The Morgan fingerprint density at radius 2 is 2.00 bits per heavy atom. The number of nitrogens with zero attached hydrogens (tertiary/aromatic N) is 3. The maximum atomic E-state index is 12.3. The minimum absolute atomic E-state index is 0.0265. The lowest BCUT2D eigenvalue weighted by Crippen LogP contribution is -2.36. The zero-order chi connectivity index (χ0) is 15.0. The van der Waals surface area contributed by atoms with Gasteiger partial charge in [0.05, 0.1) is 0 Å². The Balaban J connectivity index is 1.57. The van der Waals surface area contributed by atoms with Gasteiger partial charge in [0, 0.05) is 30.4 Å². The van der Waals surface area contributed by atoms with E-state index in [0.717, 1.165) is 25.9 Å². The number of fused-ring (bicyclic) bond motifs is 1. The zero-order valence-corrected chi connectivity index (χ0v) is 13.1. The lowest BCUT2D eigenvalue weighted by Gasteiger charge is -2.18. The fourth-order valence-corrected chi connectivity index (χ4v) is 3.93. The van der Waals surface area contributed by atoms with Gasteiger partial charge in [-0.2, -0.15) is 0 Å². The first-order chi connectivity index (χ1) is 10.0. The van der Waals surface area contributed by atoms with Crippen LogP contribution in [-0.2, 0) is 4.79 Å². The van der Waals surface area contributed by atoms with Gasteiger partial charge in [-0.25, -0.2) is 0 Å². The second-order valence-corrected chi connectivity index (χ2v) is 6.96. The van der Waals surface area contributed by atoms with Crippen molar-refractivity contribution in [2.75, 3.05) is 13.1 Å². The highest BCUT2D eigenvalue weighted by Gasteiger charge is 2.44. The Morgan fingerprint density at radius 3 is 2.52 bits per heavy atom. The molecule has 0 spiro atoms. The summed E-state index contributed by atoms with van der Waals surface area (Å²) in [5, 5.41) is 8.53. The van der Waals surface area contributed by atoms with Crippen molar-refractivity contribution < 1.29 is 9.59 Å². The van der Waals surface area contributed by atoms with Crippen LogP contribution in [0.25, 0.3) is 0 Å². The molecule has 1 saturated heterocycles. The first kappa shape index (κ1) is 14.4. The number of carbonyl (C=O) groups excluding carboxylic acids is 2. The van der Waals surface area contributed by atoms with E-state index in [1.807, 2.05) is 18.7 Å². The fraction of sp³-hybridized carbons (Fsp3) is 0.714. The molecule has 114 valence electrons. The van der Waals surface area contributed by atoms with Crippen LogP contribution >= 0.6 is 11.5 Å². The summed E-state index contributed by atoms with van der Waals surface area (Å²) in [6.07, 6.45) is 1.78. The molecule has 1 aliphatic heterocycles. The number of nitrogens with one attached hydrogen (secondary N) is 1. The maximum absolute atomic E-state index is 12.3. The van der Waals surface area contributed by atoms with Crippen molar-refractivity contribution in [3.05, 3.63) is 11.1 Å². The van der Waals surface area contributed by atoms with Gasteiger partial charge in [0.2, 0.25) is 5.91 Å². The van der Waals surface area contributed by atoms with Gasteiger partial charge in [-0.3, -0.25) is 9.59 Å². The van der Waals surface area contributed by atoms with Crippen LogP contribution in [0.5, 0.6) is 0 Å². The van der Waals surface area contributed by atoms with Crippen molar-refractivity contribution in [1.82, 2.24) is 19.8 Å². The van der Waals surface area contributed by atoms with Gasteiger partial charge >= 0.3 is 0 Å². The molecular weight excluding hydrogens is 288 g/mol. The number of aromatic nitrogens is 2. The number of hydrogen-bond donors (Lipinski definition) is 1. The van der Waals surface area contributed by atoms with E-state index in [9.17, 15) is 9.59 Å². The van der Waals surface area contributed by atoms with Crippen LogP contribution in [-0.4, -0.2) is 45.4 Å². The molecule has 3 atom stereocenters. The van der Waals surface area contributed by atoms with Gasteiger partial charge in [0.1, 0.15) is 0 Å². The number of amides is 2. The Morgan fingerprint density at radius 1 is 1.33 bits per heavy atom. The average Bonchev–Trinajstić information content (AvgIpc) is 3.12. The molecule has 21 heavy (non-hydrogen) atoms. The number of hydrogen-bond acceptors (Lipinski definition) is 5. The third-order valence-corrected chi connectivity index (χ3v) is 4.92. The van der Waals surface area contributed by atoms with E-state index in [1.165, 1.54) is 11.5 Å².